The van der Waals surface area contributed by atoms with Crippen LogP contribution in [0.1, 0.15) is 44.8 Å². The predicted molar refractivity (Wildman–Crippen MR) is 72.7 cm³/mol. The molecule has 2 unspecified atom stereocenters. The highest BCUT2D eigenvalue weighted by molar-refractivity contribution is 5.85. The summed E-state index contributed by atoms with van der Waals surface area (Å²) in [6.07, 6.45) is 1.17. The van der Waals surface area contributed by atoms with Gasteiger partial charge in [-0.05, 0) is 25.8 Å². The van der Waals surface area contributed by atoms with E-state index in [0.29, 0.717) is 11.8 Å². The first-order valence-electron chi connectivity index (χ1n) is 6.36. The van der Waals surface area contributed by atoms with Crippen molar-refractivity contribution in [1.29, 1.82) is 0 Å². The lowest BCUT2D eigenvalue weighted by molar-refractivity contribution is 0.256. The van der Waals surface area contributed by atoms with Gasteiger partial charge in [-0.3, -0.25) is 4.90 Å². The summed E-state index contributed by atoms with van der Waals surface area (Å²) in [5.74, 6) is 2.44. The molecule has 1 aromatic heterocycles. The van der Waals surface area contributed by atoms with E-state index in [4.69, 9.17) is 10.3 Å². The third-order valence-corrected chi connectivity index (χ3v) is 3.41. The molecule has 2 N–H and O–H groups in total. The van der Waals surface area contributed by atoms with Crippen LogP contribution in [0.3, 0.4) is 0 Å². The maximum Gasteiger partial charge on any atom is 0.240 e. The van der Waals surface area contributed by atoms with E-state index in [-0.39, 0.29) is 18.4 Å². The average molecular weight is 275 g/mol. The Balaban J connectivity index is 0.00000162. The van der Waals surface area contributed by atoms with E-state index >= 15 is 0 Å². The van der Waals surface area contributed by atoms with Crippen LogP contribution in [-0.4, -0.2) is 34.2 Å². The molecule has 104 valence electrons. The molecule has 0 aromatic carbocycles. The maximum atomic E-state index is 5.92. The molecule has 18 heavy (non-hydrogen) atoms. The summed E-state index contributed by atoms with van der Waals surface area (Å²) in [5, 5.41) is 3.97. The zero-order chi connectivity index (χ0) is 12.4. The summed E-state index contributed by atoms with van der Waals surface area (Å²) >= 11 is 0. The molecule has 0 aliphatic carbocycles. The number of rotatable bonds is 4. The van der Waals surface area contributed by atoms with Crippen molar-refractivity contribution in [3.63, 3.8) is 0 Å². The third kappa shape index (κ3) is 3.67. The lowest BCUT2D eigenvalue weighted by Crippen LogP contribution is -2.29. The second-order valence-corrected chi connectivity index (χ2v) is 5.34. The van der Waals surface area contributed by atoms with Crippen LogP contribution in [0.25, 0.3) is 0 Å². The van der Waals surface area contributed by atoms with Crippen molar-refractivity contribution >= 4 is 12.4 Å². The summed E-state index contributed by atoms with van der Waals surface area (Å²) in [7, 11) is 0. The molecule has 1 aromatic rings. The minimum Gasteiger partial charge on any atom is -0.338 e. The Labute approximate surface area is 115 Å². The van der Waals surface area contributed by atoms with Crippen molar-refractivity contribution in [3.05, 3.63) is 11.7 Å². The molecule has 0 saturated carbocycles. The van der Waals surface area contributed by atoms with Gasteiger partial charge in [0, 0.05) is 18.5 Å². The Hall–Kier alpha value is -0.650. The van der Waals surface area contributed by atoms with Crippen LogP contribution in [0.15, 0.2) is 4.52 Å². The molecule has 1 aliphatic heterocycles. The molecule has 0 bridgehead atoms. The Kier molecular flexibility index (Phi) is 5.56. The minimum absolute atomic E-state index is 0. The first-order chi connectivity index (χ1) is 8.06. The zero-order valence-corrected chi connectivity index (χ0v) is 12.1. The summed E-state index contributed by atoms with van der Waals surface area (Å²) in [5.41, 5.74) is 5.92. The van der Waals surface area contributed by atoms with E-state index in [2.05, 4.69) is 35.8 Å². The Bertz CT molecular complexity index is 367. The van der Waals surface area contributed by atoms with E-state index in [9.17, 15) is 0 Å². The monoisotopic (exact) mass is 274 g/mol. The Morgan fingerprint density at radius 2 is 2.17 bits per heavy atom. The number of halogens is 1. The van der Waals surface area contributed by atoms with Crippen molar-refractivity contribution in [3.8, 4) is 0 Å². The molecule has 0 radical (unpaired) electrons. The van der Waals surface area contributed by atoms with Gasteiger partial charge in [0.15, 0.2) is 5.82 Å². The second-order valence-electron chi connectivity index (χ2n) is 5.34. The Morgan fingerprint density at radius 1 is 1.44 bits per heavy atom. The van der Waals surface area contributed by atoms with Gasteiger partial charge in [0.05, 0.1) is 6.54 Å². The van der Waals surface area contributed by atoms with Crippen LogP contribution in [0.2, 0.25) is 0 Å². The van der Waals surface area contributed by atoms with Gasteiger partial charge in [-0.15, -0.1) is 12.4 Å². The normalized spacial score (nSPS) is 22.2. The van der Waals surface area contributed by atoms with E-state index in [1.54, 1.807) is 0 Å². The fraction of sp³-hybridized carbons (Fsp3) is 0.833. The van der Waals surface area contributed by atoms with Gasteiger partial charge in [0.25, 0.3) is 0 Å². The average Bonchev–Trinajstić information content (AvgIpc) is 2.87. The van der Waals surface area contributed by atoms with E-state index in [0.717, 1.165) is 31.3 Å². The van der Waals surface area contributed by atoms with Crippen LogP contribution in [0.5, 0.6) is 0 Å². The lowest BCUT2D eigenvalue weighted by Gasteiger charge is -2.15. The topological polar surface area (TPSA) is 68.2 Å². The van der Waals surface area contributed by atoms with Gasteiger partial charge in [-0.1, -0.05) is 19.0 Å². The van der Waals surface area contributed by atoms with Gasteiger partial charge in [-0.2, -0.15) is 4.98 Å². The van der Waals surface area contributed by atoms with E-state index < -0.39 is 0 Å². The molecule has 1 aliphatic rings. The number of nitrogens with zero attached hydrogens (tertiary/aromatic N) is 3. The quantitative estimate of drug-likeness (QED) is 0.906. The first kappa shape index (κ1) is 15.4. The number of hydrogen-bond donors (Lipinski definition) is 1. The van der Waals surface area contributed by atoms with Gasteiger partial charge in [0.2, 0.25) is 5.89 Å². The molecule has 6 heteroatoms. The molecule has 5 nitrogen and oxygen atoms in total. The summed E-state index contributed by atoms with van der Waals surface area (Å²) < 4.78 is 5.25. The Morgan fingerprint density at radius 3 is 2.67 bits per heavy atom. The fourth-order valence-electron chi connectivity index (χ4n) is 2.19. The van der Waals surface area contributed by atoms with Crippen LogP contribution < -0.4 is 5.73 Å². The standard InChI is InChI=1S/C12H22N4O.ClH/c1-8(2)12-14-11(17-15-12)7-16-5-4-10(6-16)9(3)13;/h8-10H,4-7,13H2,1-3H3;1H. The van der Waals surface area contributed by atoms with Gasteiger partial charge < -0.3 is 10.3 Å². The van der Waals surface area contributed by atoms with Crippen molar-refractivity contribution in [2.24, 2.45) is 11.7 Å². The van der Waals surface area contributed by atoms with Crippen molar-refractivity contribution in [2.75, 3.05) is 13.1 Å². The molecule has 2 atom stereocenters. The number of aromatic nitrogens is 2. The second kappa shape index (κ2) is 6.50. The van der Waals surface area contributed by atoms with Gasteiger partial charge in [0.1, 0.15) is 0 Å². The predicted octanol–water partition coefficient (Wildman–Crippen LogP) is 1.78. The number of likely N-dealkylation sites (tertiary alicyclic amines) is 1. The highest BCUT2D eigenvalue weighted by atomic mass is 35.5. The van der Waals surface area contributed by atoms with Crippen LogP contribution in [0, 0.1) is 5.92 Å². The van der Waals surface area contributed by atoms with Crippen LogP contribution in [0.4, 0.5) is 0 Å². The third-order valence-electron chi connectivity index (χ3n) is 3.41. The number of nitrogens with two attached hydrogens (primary N) is 1. The molecular formula is C12H23ClN4O. The SMILES string of the molecule is CC(C)c1noc(CN2CCC(C(C)N)C2)n1.Cl. The molecule has 2 heterocycles. The number of hydrogen-bond acceptors (Lipinski definition) is 5. The summed E-state index contributed by atoms with van der Waals surface area (Å²) in [4.78, 5) is 6.73. The van der Waals surface area contributed by atoms with Crippen molar-refractivity contribution in [2.45, 2.75) is 45.7 Å². The molecule has 0 spiro atoms. The molecular weight excluding hydrogens is 252 g/mol. The molecule has 2 rings (SSSR count). The van der Waals surface area contributed by atoms with E-state index in [1.807, 2.05) is 0 Å². The summed E-state index contributed by atoms with van der Waals surface area (Å²) in [6, 6.07) is 0.272. The highest BCUT2D eigenvalue weighted by Crippen LogP contribution is 2.20. The minimum atomic E-state index is 0. The maximum absolute atomic E-state index is 5.92. The first-order valence-corrected chi connectivity index (χ1v) is 6.36. The smallest absolute Gasteiger partial charge is 0.240 e. The lowest BCUT2D eigenvalue weighted by atomic mass is 10.0. The fourth-order valence-corrected chi connectivity index (χ4v) is 2.19. The zero-order valence-electron chi connectivity index (χ0n) is 11.3. The highest BCUT2D eigenvalue weighted by Gasteiger charge is 2.26. The van der Waals surface area contributed by atoms with Crippen LogP contribution in [-0.2, 0) is 6.54 Å². The van der Waals surface area contributed by atoms with E-state index in [1.165, 1.54) is 6.42 Å². The largest absolute Gasteiger partial charge is 0.338 e. The van der Waals surface area contributed by atoms with Gasteiger partial charge in [-0.25, -0.2) is 0 Å². The van der Waals surface area contributed by atoms with Crippen molar-refractivity contribution < 1.29 is 4.52 Å². The van der Waals surface area contributed by atoms with Gasteiger partial charge >= 0.3 is 0 Å². The van der Waals surface area contributed by atoms with Crippen LogP contribution >= 0.6 is 12.4 Å². The van der Waals surface area contributed by atoms with Crippen molar-refractivity contribution in [1.82, 2.24) is 15.0 Å². The molecule has 1 fully saturated rings. The molecule has 0 amide bonds. The molecule has 1 saturated heterocycles. The summed E-state index contributed by atoms with van der Waals surface area (Å²) in [6.45, 7) is 9.08.